The molecule has 0 bridgehead atoms. The van der Waals surface area contributed by atoms with Gasteiger partial charge in [-0.05, 0) is 32.6 Å². The highest BCUT2D eigenvalue weighted by atomic mass is 32.2. The van der Waals surface area contributed by atoms with E-state index in [1.165, 1.54) is 16.7 Å². The summed E-state index contributed by atoms with van der Waals surface area (Å²) in [4.78, 5) is 28.0. The van der Waals surface area contributed by atoms with Crippen molar-refractivity contribution in [2.45, 2.75) is 12.8 Å². The van der Waals surface area contributed by atoms with Crippen LogP contribution in [0.5, 0.6) is 0 Å². The molecule has 0 atom stereocenters. The van der Waals surface area contributed by atoms with Gasteiger partial charge in [0.05, 0.1) is 11.2 Å². The first-order valence-electron chi connectivity index (χ1n) is 7.56. The molecule has 2 heterocycles. The molecule has 1 saturated heterocycles. The van der Waals surface area contributed by atoms with E-state index in [4.69, 9.17) is 21.4 Å². The quantitative estimate of drug-likeness (QED) is 0.396. The van der Waals surface area contributed by atoms with Crippen LogP contribution in [-0.4, -0.2) is 59.8 Å². The number of esters is 1. The minimum atomic E-state index is -0.256. The number of carbonyl (C=O) groups is 2. The molecule has 0 spiro atoms. The Morgan fingerprint density at radius 3 is 2.96 bits per heavy atom. The normalized spacial score (nSPS) is 16.5. The van der Waals surface area contributed by atoms with E-state index in [0.29, 0.717) is 41.1 Å². The van der Waals surface area contributed by atoms with Gasteiger partial charge in [-0.3, -0.25) is 14.5 Å². The molecule has 0 aromatic carbocycles. The van der Waals surface area contributed by atoms with Crippen LogP contribution in [0, 0.1) is 0 Å². The molecule has 0 saturated carbocycles. The van der Waals surface area contributed by atoms with Crippen LogP contribution < -0.4 is 0 Å². The summed E-state index contributed by atoms with van der Waals surface area (Å²) in [6, 6.07) is 3.53. The molecule has 2 rings (SSSR count). The molecule has 1 aromatic heterocycles. The third-order valence-electron chi connectivity index (χ3n) is 3.25. The Labute approximate surface area is 150 Å². The van der Waals surface area contributed by atoms with E-state index in [0.717, 1.165) is 0 Å². The monoisotopic (exact) mass is 368 g/mol. The zero-order valence-corrected chi connectivity index (χ0v) is 15.3. The van der Waals surface area contributed by atoms with Gasteiger partial charge in [-0.2, -0.15) is 0 Å². The molecule has 1 amide bonds. The minimum absolute atomic E-state index is 0.151. The highest BCUT2D eigenvalue weighted by Gasteiger charge is 2.31. The van der Waals surface area contributed by atoms with Gasteiger partial charge in [-0.15, -0.1) is 0 Å². The number of amides is 1. The maximum atomic E-state index is 12.4. The molecule has 130 valence electrons. The van der Waals surface area contributed by atoms with Gasteiger partial charge in [0.2, 0.25) is 0 Å². The zero-order valence-electron chi connectivity index (χ0n) is 13.7. The van der Waals surface area contributed by atoms with Crippen molar-refractivity contribution in [3.05, 3.63) is 29.1 Å². The van der Waals surface area contributed by atoms with Crippen molar-refractivity contribution in [2.24, 2.45) is 0 Å². The molecule has 0 N–H and O–H groups in total. The van der Waals surface area contributed by atoms with E-state index >= 15 is 0 Å². The molecule has 1 aliphatic rings. The summed E-state index contributed by atoms with van der Waals surface area (Å²) in [5.41, 5.74) is 0. The number of carbonyl (C=O) groups excluding carboxylic acids is 2. The number of thioether (sulfide) groups is 1. The summed E-state index contributed by atoms with van der Waals surface area (Å²) in [7, 11) is 3.83. The van der Waals surface area contributed by atoms with E-state index < -0.39 is 0 Å². The lowest BCUT2D eigenvalue weighted by Crippen LogP contribution is -2.29. The fraction of sp³-hybridized carbons (Fsp3) is 0.438. The Balaban J connectivity index is 1.78. The minimum Gasteiger partial charge on any atom is -0.465 e. The lowest BCUT2D eigenvalue weighted by atomic mass is 10.3. The topological polar surface area (TPSA) is 63.0 Å². The van der Waals surface area contributed by atoms with Gasteiger partial charge < -0.3 is 14.1 Å². The van der Waals surface area contributed by atoms with Crippen molar-refractivity contribution in [3.63, 3.8) is 0 Å². The van der Waals surface area contributed by atoms with Crippen LogP contribution in [0.1, 0.15) is 18.6 Å². The maximum absolute atomic E-state index is 12.4. The van der Waals surface area contributed by atoms with Crippen LogP contribution >= 0.6 is 24.0 Å². The maximum Gasteiger partial charge on any atom is 0.305 e. The van der Waals surface area contributed by atoms with E-state index in [9.17, 15) is 9.59 Å². The van der Waals surface area contributed by atoms with Gasteiger partial charge in [-0.25, -0.2) is 0 Å². The Bertz CT molecular complexity index is 626. The van der Waals surface area contributed by atoms with Gasteiger partial charge in [0.1, 0.15) is 16.7 Å². The standard InChI is InChI=1S/C16H20N2O4S2/c1-17(2)8-10-22-14(19)6-3-7-18-15(20)13(24-16(18)23)11-12-5-4-9-21-12/h4-5,9,11H,3,6-8,10H2,1-2H3. The number of hydrogen-bond donors (Lipinski definition) is 0. The van der Waals surface area contributed by atoms with Crippen molar-refractivity contribution in [3.8, 4) is 0 Å². The molecule has 0 aliphatic carbocycles. The zero-order chi connectivity index (χ0) is 17.5. The number of furan rings is 1. The number of hydrogen-bond acceptors (Lipinski definition) is 7. The van der Waals surface area contributed by atoms with Crippen LogP contribution in [0.2, 0.25) is 0 Å². The van der Waals surface area contributed by atoms with Crippen LogP contribution in [0.4, 0.5) is 0 Å². The molecule has 1 aliphatic heterocycles. The molecular formula is C16H20N2O4S2. The molecule has 8 heteroatoms. The van der Waals surface area contributed by atoms with Gasteiger partial charge in [-0.1, -0.05) is 24.0 Å². The molecule has 1 aromatic rings. The van der Waals surface area contributed by atoms with Crippen molar-refractivity contribution in [1.82, 2.24) is 9.80 Å². The molecular weight excluding hydrogens is 348 g/mol. The first-order valence-corrected chi connectivity index (χ1v) is 8.79. The number of rotatable bonds is 8. The number of ether oxygens (including phenoxy) is 1. The van der Waals surface area contributed by atoms with Crippen LogP contribution in [-0.2, 0) is 14.3 Å². The van der Waals surface area contributed by atoms with Crippen molar-refractivity contribution in [2.75, 3.05) is 33.8 Å². The smallest absolute Gasteiger partial charge is 0.305 e. The fourth-order valence-corrected chi connectivity index (χ4v) is 3.28. The van der Waals surface area contributed by atoms with Crippen LogP contribution in [0.25, 0.3) is 6.08 Å². The van der Waals surface area contributed by atoms with Gasteiger partial charge >= 0.3 is 5.97 Å². The molecule has 0 unspecified atom stereocenters. The Morgan fingerprint density at radius 2 is 2.29 bits per heavy atom. The summed E-state index contributed by atoms with van der Waals surface area (Å²) in [5.74, 6) is 0.204. The average Bonchev–Trinajstić information content (AvgIpc) is 3.11. The largest absolute Gasteiger partial charge is 0.465 e. The second-order valence-electron chi connectivity index (χ2n) is 5.48. The Morgan fingerprint density at radius 1 is 1.50 bits per heavy atom. The lowest BCUT2D eigenvalue weighted by Gasteiger charge is -2.14. The van der Waals surface area contributed by atoms with E-state index in [1.54, 1.807) is 24.5 Å². The molecule has 1 fully saturated rings. The Hall–Kier alpha value is -1.64. The summed E-state index contributed by atoms with van der Waals surface area (Å²) >= 11 is 6.49. The third kappa shape index (κ3) is 5.47. The Kier molecular flexibility index (Phi) is 7.01. The van der Waals surface area contributed by atoms with E-state index in [2.05, 4.69) is 0 Å². The summed E-state index contributed by atoms with van der Waals surface area (Å²) in [5, 5.41) is 0. The second kappa shape index (κ2) is 9.00. The predicted molar refractivity (Wildman–Crippen MR) is 97.3 cm³/mol. The van der Waals surface area contributed by atoms with Gasteiger partial charge in [0, 0.05) is 25.6 Å². The van der Waals surface area contributed by atoms with Crippen LogP contribution in [0.15, 0.2) is 27.7 Å². The number of likely N-dealkylation sites (N-methyl/N-ethyl adjacent to an activating group) is 1. The van der Waals surface area contributed by atoms with Crippen LogP contribution in [0.3, 0.4) is 0 Å². The predicted octanol–water partition coefficient (Wildman–Crippen LogP) is 2.37. The van der Waals surface area contributed by atoms with Gasteiger partial charge in [0.15, 0.2) is 0 Å². The molecule has 0 radical (unpaired) electrons. The highest BCUT2D eigenvalue weighted by molar-refractivity contribution is 8.26. The summed E-state index contributed by atoms with van der Waals surface area (Å²) in [6.07, 6.45) is 4.01. The van der Waals surface area contributed by atoms with Gasteiger partial charge in [0.25, 0.3) is 5.91 Å². The molecule has 24 heavy (non-hydrogen) atoms. The first kappa shape index (κ1) is 18.7. The third-order valence-corrected chi connectivity index (χ3v) is 4.63. The number of thiocarbonyl (C=S) groups is 1. The highest BCUT2D eigenvalue weighted by Crippen LogP contribution is 2.32. The average molecular weight is 368 g/mol. The first-order chi connectivity index (χ1) is 11.5. The van der Waals surface area contributed by atoms with E-state index in [-0.39, 0.29) is 18.3 Å². The SMILES string of the molecule is CN(C)CCOC(=O)CCCN1C(=O)C(=Cc2ccco2)SC1=S. The van der Waals surface area contributed by atoms with Crippen molar-refractivity contribution < 1.29 is 18.7 Å². The second-order valence-corrected chi connectivity index (χ2v) is 7.15. The molecule has 6 nitrogen and oxygen atoms in total. The lowest BCUT2D eigenvalue weighted by molar-refractivity contribution is -0.144. The summed E-state index contributed by atoms with van der Waals surface area (Å²) in [6.45, 7) is 1.47. The number of nitrogens with zero attached hydrogens (tertiary/aromatic N) is 2. The summed E-state index contributed by atoms with van der Waals surface area (Å²) < 4.78 is 10.8. The van der Waals surface area contributed by atoms with Crippen molar-refractivity contribution >= 4 is 46.3 Å². The van der Waals surface area contributed by atoms with E-state index in [1.807, 2.05) is 19.0 Å². The van der Waals surface area contributed by atoms with Crippen molar-refractivity contribution in [1.29, 1.82) is 0 Å². The fourth-order valence-electron chi connectivity index (χ4n) is 1.99.